The molecule has 0 bridgehead atoms. The molecule has 6 nitrogen and oxygen atoms in total. The summed E-state index contributed by atoms with van der Waals surface area (Å²) in [6.07, 6.45) is -1.76. The van der Waals surface area contributed by atoms with E-state index in [1.165, 1.54) is 29.5 Å². The van der Waals surface area contributed by atoms with Crippen LogP contribution in [-0.2, 0) is 0 Å². The van der Waals surface area contributed by atoms with E-state index in [9.17, 15) is 13.6 Å². The van der Waals surface area contributed by atoms with Gasteiger partial charge in [0, 0.05) is 16.5 Å². The quantitative estimate of drug-likeness (QED) is 0.398. The average molecular weight is 428 g/mol. The fourth-order valence-corrected chi connectivity index (χ4v) is 3.56. The molecule has 0 aliphatic rings. The van der Waals surface area contributed by atoms with Gasteiger partial charge in [-0.1, -0.05) is 6.92 Å². The van der Waals surface area contributed by atoms with Crippen LogP contribution in [0.1, 0.15) is 36.0 Å². The molecule has 0 radical (unpaired) electrons. The van der Waals surface area contributed by atoms with Crippen molar-refractivity contribution >= 4 is 33.4 Å². The van der Waals surface area contributed by atoms with Crippen molar-refractivity contribution in [3.8, 4) is 17.0 Å². The van der Waals surface area contributed by atoms with E-state index in [0.29, 0.717) is 28.3 Å². The number of H-pyrrole nitrogens is 1. The van der Waals surface area contributed by atoms with Crippen molar-refractivity contribution in [1.82, 2.24) is 15.0 Å². The maximum absolute atomic E-state index is 12.8. The summed E-state index contributed by atoms with van der Waals surface area (Å²) in [4.78, 5) is 23.3. The molecule has 0 fully saturated rings. The Bertz CT molecular complexity index is 1170. The van der Waals surface area contributed by atoms with Crippen LogP contribution in [0.3, 0.4) is 0 Å². The second-order valence-electron chi connectivity index (χ2n) is 6.52. The molecule has 30 heavy (non-hydrogen) atoms. The Balaban J connectivity index is 1.46. The van der Waals surface area contributed by atoms with Gasteiger partial charge < -0.3 is 9.72 Å². The molecule has 0 spiro atoms. The number of aromatic nitrogens is 3. The Morgan fingerprint density at radius 2 is 2.00 bits per heavy atom. The number of ether oxygens (including phenoxy) is 1. The predicted molar refractivity (Wildman–Crippen MR) is 112 cm³/mol. The van der Waals surface area contributed by atoms with Gasteiger partial charge in [-0.15, -0.1) is 11.3 Å². The van der Waals surface area contributed by atoms with E-state index in [4.69, 9.17) is 4.74 Å². The van der Waals surface area contributed by atoms with Gasteiger partial charge in [-0.2, -0.15) is 0 Å². The number of rotatable bonds is 7. The van der Waals surface area contributed by atoms with Gasteiger partial charge in [-0.05, 0) is 48.9 Å². The van der Waals surface area contributed by atoms with Crippen LogP contribution in [-0.4, -0.2) is 27.5 Å². The van der Waals surface area contributed by atoms with Crippen LogP contribution in [0.25, 0.3) is 22.3 Å². The van der Waals surface area contributed by atoms with Gasteiger partial charge in [0.05, 0.1) is 23.3 Å². The Labute approximate surface area is 174 Å². The van der Waals surface area contributed by atoms with E-state index in [1.807, 2.05) is 36.6 Å². The maximum atomic E-state index is 12.8. The molecule has 2 aromatic heterocycles. The lowest BCUT2D eigenvalue weighted by molar-refractivity contribution is 0.102. The van der Waals surface area contributed by atoms with Crippen molar-refractivity contribution in [2.24, 2.45) is 0 Å². The first-order chi connectivity index (χ1) is 14.5. The molecule has 0 saturated heterocycles. The van der Waals surface area contributed by atoms with E-state index >= 15 is 0 Å². The molecule has 2 heterocycles. The summed E-state index contributed by atoms with van der Waals surface area (Å²) in [6.45, 7) is 2.72. The minimum Gasteiger partial charge on any atom is -0.494 e. The summed E-state index contributed by atoms with van der Waals surface area (Å²) >= 11 is 1.30. The number of hydrogen-bond donors (Lipinski definition) is 2. The lowest BCUT2D eigenvalue weighted by atomic mass is 10.2. The van der Waals surface area contributed by atoms with Gasteiger partial charge in [0.15, 0.2) is 11.0 Å². The van der Waals surface area contributed by atoms with Gasteiger partial charge in [0.1, 0.15) is 5.75 Å². The average Bonchev–Trinajstić information content (AvgIpc) is 3.39. The van der Waals surface area contributed by atoms with Gasteiger partial charge in [0.2, 0.25) is 0 Å². The number of nitrogens with zero attached hydrogens (tertiary/aromatic N) is 2. The molecule has 2 N–H and O–H groups in total. The Hall–Kier alpha value is -3.33. The van der Waals surface area contributed by atoms with Crippen LogP contribution < -0.4 is 10.1 Å². The maximum Gasteiger partial charge on any atom is 0.295 e. The zero-order chi connectivity index (χ0) is 21.1. The predicted octanol–water partition coefficient (Wildman–Crippen LogP) is 5.67. The smallest absolute Gasteiger partial charge is 0.295 e. The molecule has 0 atom stereocenters. The summed E-state index contributed by atoms with van der Waals surface area (Å²) in [6, 6.07) is 12.2. The van der Waals surface area contributed by atoms with Crippen molar-refractivity contribution in [1.29, 1.82) is 0 Å². The van der Waals surface area contributed by atoms with Crippen molar-refractivity contribution in [2.45, 2.75) is 19.8 Å². The number of thiazole rings is 1. The first-order valence-corrected chi connectivity index (χ1v) is 10.2. The monoisotopic (exact) mass is 428 g/mol. The van der Waals surface area contributed by atoms with Gasteiger partial charge in [0.25, 0.3) is 12.3 Å². The van der Waals surface area contributed by atoms with Crippen LogP contribution in [0.2, 0.25) is 0 Å². The number of anilines is 1. The van der Waals surface area contributed by atoms with Crippen molar-refractivity contribution in [3.05, 3.63) is 59.2 Å². The molecule has 1 amide bonds. The normalized spacial score (nSPS) is 11.2. The molecular weight excluding hydrogens is 410 g/mol. The lowest BCUT2D eigenvalue weighted by Gasteiger charge is -2.04. The summed E-state index contributed by atoms with van der Waals surface area (Å²) in [5.41, 5.74) is 2.73. The number of hydrogen-bond acceptors (Lipinski definition) is 5. The number of benzene rings is 2. The SMILES string of the molecule is CCCOc1ccc(-c2csc(NC(=O)c3ccc4nc(C(F)F)[nH]c4c3)n2)cc1. The minimum atomic E-state index is -2.70. The number of aromatic amines is 1. The molecule has 0 saturated carbocycles. The third kappa shape index (κ3) is 4.30. The lowest BCUT2D eigenvalue weighted by Crippen LogP contribution is -2.11. The number of carbonyl (C=O) groups excluding carboxylic acids is 1. The van der Waals surface area contributed by atoms with Gasteiger partial charge in [-0.25, -0.2) is 18.7 Å². The minimum absolute atomic E-state index is 0.321. The van der Waals surface area contributed by atoms with Crippen LogP contribution >= 0.6 is 11.3 Å². The highest BCUT2D eigenvalue weighted by atomic mass is 32.1. The molecule has 0 unspecified atom stereocenters. The fraction of sp³-hybridized carbons (Fsp3) is 0.190. The molecule has 4 aromatic rings. The highest BCUT2D eigenvalue weighted by Gasteiger charge is 2.15. The fourth-order valence-electron chi connectivity index (χ4n) is 2.85. The molecule has 0 aliphatic heterocycles. The number of alkyl halides is 2. The first-order valence-electron chi connectivity index (χ1n) is 9.31. The Morgan fingerprint density at radius 3 is 2.73 bits per heavy atom. The topological polar surface area (TPSA) is 79.9 Å². The van der Waals surface area contributed by atoms with Crippen LogP contribution in [0.15, 0.2) is 47.8 Å². The van der Waals surface area contributed by atoms with Crippen LogP contribution in [0, 0.1) is 0 Å². The molecule has 4 rings (SSSR count). The van der Waals surface area contributed by atoms with Crippen molar-refractivity contribution in [2.75, 3.05) is 11.9 Å². The number of fused-ring (bicyclic) bond motifs is 1. The summed E-state index contributed by atoms with van der Waals surface area (Å²) in [5.74, 6) is 0.00102. The highest BCUT2D eigenvalue weighted by molar-refractivity contribution is 7.14. The van der Waals surface area contributed by atoms with Gasteiger partial charge in [-0.3, -0.25) is 10.1 Å². The molecule has 0 aliphatic carbocycles. The van der Waals surface area contributed by atoms with E-state index in [0.717, 1.165) is 23.4 Å². The molecule has 154 valence electrons. The van der Waals surface area contributed by atoms with Crippen molar-refractivity contribution < 1.29 is 18.3 Å². The Kier molecular flexibility index (Phi) is 5.71. The standard InChI is InChI=1S/C21H18F2N4O2S/c1-2-9-29-14-6-3-12(4-7-14)17-11-30-21(26-17)27-20(28)13-5-8-15-16(10-13)25-19(24-15)18(22)23/h3-8,10-11,18H,2,9H2,1H3,(H,24,25)(H,26,27,28). The molecule has 2 aromatic carbocycles. The zero-order valence-electron chi connectivity index (χ0n) is 16.0. The largest absolute Gasteiger partial charge is 0.494 e. The zero-order valence-corrected chi connectivity index (χ0v) is 16.8. The number of carbonyl (C=O) groups is 1. The third-order valence-corrected chi connectivity index (χ3v) is 5.07. The van der Waals surface area contributed by atoms with E-state index in [1.54, 1.807) is 0 Å². The van der Waals surface area contributed by atoms with Crippen LogP contribution in [0.5, 0.6) is 5.75 Å². The second kappa shape index (κ2) is 8.58. The second-order valence-corrected chi connectivity index (χ2v) is 7.38. The molecule has 9 heteroatoms. The summed E-state index contributed by atoms with van der Waals surface area (Å²) in [5, 5.41) is 5.04. The van der Waals surface area contributed by atoms with Crippen LogP contribution in [0.4, 0.5) is 13.9 Å². The molecular formula is C21H18F2N4O2S. The van der Waals surface area contributed by atoms with Gasteiger partial charge >= 0.3 is 0 Å². The number of nitrogens with one attached hydrogen (secondary N) is 2. The summed E-state index contributed by atoms with van der Waals surface area (Å²) < 4.78 is 31.1. The van der Waals surface area contributed by atoms with E-state index < -0.39 is 12.2 Å². The van der Waals surface area contributed by atoms with Crippen molar-refractivity contribution in [3.63, 3.8) is 0 Å². The summed E-state index contributed by atoms with van der Waals surface area (Å²) in [7, 11) is 0. The third-order valence-electron chi connectivity index (χ3n) is 4.32. The number of halogens is 2. The van der Waals surface area contributed by atoms with E-state index in [-0.39, 0.29) is 5.91 Å². The number of imidazole rings is 1. The Morgan fingerprint density at radius 1 is 1.20 bits per heavy atom. The number of amides is 1. The van der Waals surface area contributed by atoms with E-state index in [2.05, 4.69) is 20.3 Å². The highest BCUT2D eigenvalue weighted by Crippen LogP contribution is 2.27. The first kappa shape index (κ1) is 20.0.